The normalized spacial score (nSPS) is 13.0. The van der Waals surface area contributed by atoms with Crippen LogP contribution in [-0.2, 0) is 4.74 Å². The van der Waals surface area contributed by atoms with E-state index in [2.05, 4.69) is 15.3 Å². The molecule has 0 spiro atoms. The van der Waals surface area contributed by atoms with Crippen molar-refractivity contribution in [2.24, 2.45) is 0 Å². The summed E-state index contributed by atoms with van der Waals surface area (Å²) in [6.07, 6.45) is 0.879. The molecule has 0 bridgehead atoms. The summed E-state index contributed by atoms with van der Waals surface area (Å²) in [5, 5.41) is 2.64. The molecule has 1 heterocycles. The molecule has 94 valence electrons. The quantitative estimate of drug-likeness (QED) is 0.862. The van der Waals surface area contributed by atoms with Gasteiger partial charge in [0.2, 0.25) is 0 Å². The average Bonchev–Trinajstić information content (AvgIpc) is 2.15. The van der Waals surface area contributed by atoms with Crippen LogP contribution in [0, 0.1) is 5.82 Å². The molecule has 0 aliphatic heterocycles. The smallest absolute Gasteiger partial charge is 0.408 e. The molecule has 1 N–H and O–H groups in total. The first kappa shape index (κ1) is 13.3. The lowest BCUT2D eigenvalue weighted by molar-refractivity contribution is 0.0957. The second-order valence-corrected chi connectivity index (χ2v) is 4.68. The second kappa shape index (κ2) is 5.07. The molecule has 1 amide bonds. The highest BCUT2D eigenvalue weighted by Gasteiger charge is 2.19. The molecule has 0 aromatic carbocycles. The number of carbonyl (C=O) groups is 1. The summed E-state index contributed by atoms with van der Waals surface area (Å²) < 4.78 is 17.6. The topological polar surface area (TPSA) is 64.1 Å². The zero-order chi connectivity index (χ0) is 13.1. The first-order valence-corrected chi connectivity index (χ1v) is 5.24. The molecule has 5 nitrogen and oxygen atoms in total. The predicted molar refractivity (Wildman–Crippen MR) is 59.8 cm³/mol. The Morgan fingerprint density at radius 3 is 2.41 bits per heavy atom. The molecule has 0 saturated heterocycles. The second-order valence-electron chi connectivity index (χ2n) is 4.68. The van der Waals surface area contributed by atoms with Crippen molar-refractivity contribution in [1.82, 2.24) is 15.3 Å². The summed E-state index contributed by atoms with van der Waals surface area (Å²) in [6, 6.07) is 0. The summed E-state index contributed by atoms with van der Waals surface area (Å²) in [5.74, 6) is -0.268. The molecule has 1 rings (SSSR count). The SMILES string of the molecule is C[C@@H](OC(=O)NC(C)(C)C)c1ncc(F)cn1. The molecule has 0 saturated carbocycles. The Labute approximate surface area is 99.4 Å². The van der Waals surface area contributed by atoms with Gasteiger partial charge in [-0.3, -0.25) is 0 Å². The van der Waals surface area contributed by atoms with E-state index in [0.29, 0.717) is 0 Å². The number of amides is 1. The molecule has 17 heavy (non-hydrogen) atoms. The third-order valence-electron chi connectivity index (χ3n) is 1.76. The largest absolute Gasteiger partial charge is 0.438 e. The molecule has 6 heteroatoms. The van der Waals surface area contributed by atoms with Crippen molar-refractivity contribution in [3.05, 3.63) is 24.0 Å². The molecule has 0 aliphatic rings. The van der Waals surface area contributed by atoms with E-state index in [9.17, 15) is 9.18 Å². The molecular weight excluding hydrogens is 225 g/mol. The van der Waals surface area contributed by atoms with Crippen molar-refractivity contribution in [1.29, 1.82) is 0 Å². The lowest BCUT2D eigenvalue weighted by Gasteiger charge is -2.21. The minimum Gasteiger partial charge on any atom is -0.438 e. The summed E-state index contributed by atoms with van der Waals surface area (Å²) in [6.45, 7) is 7.14. The number of hydrogen-bond donors (Lipinski definition) is 1. The van der Waals surface area contributed by atoms with Gasteiger partial charge in [0.05, 0.1) is 12.4 Å². The molecule has 1 aromatic rings. The van der Waals surface area contributed by atoms with Crippen LogP contribution in [0.15, 0.2) is 12.4 Å². The van der Waals surface area contributed by atoms with E-state index in [1.165, 1.54) is 0 Å². The van der Waals surface area contributed by atoms with Crippen molar-refractivity contribution >= 4 is 6.09 Å². The molecule has 0 unspecified atom stereocenters. The highest BCUT2D eigenvalue weighted by Crippen LogP contribution is 2.12. The molecule has 0 fully saturated rings. The number of nitrogens with zero attached hydrogens (tertiary/aromatic N) is 2. The third-order valence-corrected chi connectivity index (χ3v) is 1.76. The van der Waals surface area contributed by atoms with E-state index in [4.69, 9.17) is 4.74 Å². The molecule has 1 aromatic heterocycles. The van der Waals surface area contributed by atoms with Crippen LogP contribution in [-0.4, -0.2) is 21.6 Å². The van der Waals surface area contributed by atoms with Gasteiger partial charge >= 0.3 is 6.09 Å². The maximum atomic E-state index is 12.6. The van der Waals surface area contributed by atoms with Crippen LogP contribution in [0.3, 0.4) is 0 Å². The van der Waals surface area contributed by atoms with Crippen LogP contribution in [0.4, 0.5) is 9.18 Å². The van der Waals surface area contributed by atoms with Gasteiger partial charge in [-0.2, -0.15) is 0 Å². The summed E-state index contributed by atoms with van der Waals surface area (Å²) in [5.41, 5.74) is -0.375. The van der Waals surface area contributed by atoms with E-state index in [1.807, 2.05) is 20.8 Å². The third kappa shape index (κ3) is 4.76. The maximum Gasteiger partial charge on any atom is 0.408 e. The lowest BCUT2D eigenvalue weighted by atomic mass is 10.1. The minimum atomic E-state index is -0.627. The number of alkyl carbamates (subject to hydrolysis) is 1. The Bertz CT molecular complexity index is 387. The number of aromatic nitrogens is 2. The lowest BCUT2D eigenvalue weighted by Crippen LogP contribution is -2.41. The Morgan fingerprint density at radius 2 is 1.94 bits per heavy atom. The van der Waals surface area contributed by atoms with Gasteiger partial charge in [0.1, 0.15) is 0 Å². The van der Waals surface area contributed by atoms with Crippen molar-refractivity contribution in [2.75, 3.05) is 0 Å². The van der Waals surface area contributed by atoms with Crippen LogP contribution >= 0.6 is 0 Å². The molecular formula is C11H16FN3O2. The Hall–Kier alpha value is -1.72. The summed E-state index contributed by atoms with van der Waals surface area (Å²) >= 11 is 0. The number of rotatable bonds is 2. The highest BCUT2D eigenvalue weighted by molar-refractivity contribution is 5.68. The zero-order valence-electron chi connectivity index (χ0n) is 10.3. The highest BCUT2D eigenvalue weighted by atomic mass is 19.1. The van der Waals surface area contributed by atoms with Crippen molar-refractivity contribution < 1.29 is 13.9 Å². The standard InChI is InChI=1S/C11H16FN3O2/c1-7(9-13-5-8(12)6-14-9)17-10(16)15-11(2,3)4/h5-7H,1-4H3,(H,15,16)/t7-/m1/s1. The summed E-state index contributed by atoms with van der Waals surface area (Å²) in [7, 11) is 0. The predicted octanol–water partition coefficient (Wildman–Crippen LogP) is 2.20. The van der Waals surface area contributed by atoms with Gasteiger partial charge in [-0.1, -0.05) is 0 Å². The van der Waals surface area contributed by atoms with Crippen molar-refractivity contribution in [3.63, 3.8) is 0 Å². The van der Waals surface area contributed by atoms with Gasteiger partial charge < -0.3 is 10.1 Å². The number of nitrogens with one attached hydrogen (secondary N) is 1. The van der Waals surface area contributed by atoms with E-state index in [0.717, 1.165) is 12.4 Å². The number of halogens is 1. The van der Waals surface area contributed by atoms with Crippen LogP contribution in [0.25, 0.3) is 0 Å². The van der Waals surface area contributed by atoms with Gasteiger partial charge in [0.25, 0.3) is 0 Å². The first-order valence-electron chi connectivity index (χ1n) is 5.24. The Kier molecular flexibility index (Phi) is 3.98. The Morgan fingerprint density at radius 1 is 1.41 bits per heavy atom. The molecule has 0 radical (unpaired) electrons. The fourth-order valence-corrected chi connectivity index (χ4v) is 1.08. The van der Waals surface area contributed by atoms with Gasteiger partial charge in [-0.25, -0.2) is 19.2 Å². The number of carbonyl (C=O) groups excluding carboxylic acids is 1. The number of ether oxygens (including phenoxy) is 1. The maximum absolute atomic E-state index is 12.6. The van der Waals surface area contributed by atoms with E-state index in [-0.39, 0.29) is 11.4 Å². The van der Waals surface area contributed by atoms with E-state index in [1.54, 1.807) is 6.92 Å². The van der Waals surface area contributed by atoms with Crippen LogP contribution < -0.4 is 5.32 Å². The van der Waals surface area contributed by atoms with Gasteiger partial charge in [-0.05, 0) is 27.7 Å². The molecule has 1 atom stereocenters. The Balaban J connectivity index is 2.57. The van der Waals surface area contributed by atoms with Crippen molar-refractivity contribution in [3.8, 4) is 0 Å². The number of hydrogen-bond acceptors (Lipinski definition) is 4. The van der Waals surface area contributed by atoms with Gasteiger partial charge in [-0.15, -0.1) is 0 Å². The minimum absolute atomic E-state index is 0.260. The van der Waals surface area contributed by atoms with Crippen molar-refractivity contribution in [2.45, 2.75) is 39.3 Å². The fourth-order valence-electron chi connectivity index (χ4n) is 1.08. The van der Waals surface area contributed by atoms with E-state index < -0.39 is 18.0 Å². The zero-order valence-corrected chi connectivity index (χ0v) is 10.3. The first-order chi connectivity index (χ1) is 7.78. The summed E-state index contributed by atoms with van der Waals surface area (Å²) in [4.78, 5) is 18.9. The van der Waals surface area contributed by atoms with Gasteiger partial charge in [0.15, 0.2) is 17.7 Å². The van der Waals surface area contributed by atoms with Crippen LogP contribution in [0.2, 0.25) is 0 Å². The average molecular weight is 241 g/mol. The van der Waals surface area contributed by atoms with Crippen LogP contribution in [0.1, 0.15) is 39.6 Å². The van der Waals surface area contributed by atoms with E-state index >= 15 is 0 Å². The van der Waals surface area contributed by atoms with Crippen LogP contribution in [0.5, 0.6) is 0 Å². The molecule has 0 aliphatic carbocycles. The fraction of sp³-hybridized carbons (Fsp3) is 0.545. The monoisotopic (exact) mass is 241 g/mol. The van der Waals surface area contributed by atoms with Gasteiger partial charge in [0, 0.05) is 5.54 Å².